The highest BCUT2D eigenvalue weighted by atomic mass is 35.5. The number of carbonyl (C=O) groups is 1. The van der Waals surface area contributed by atoms with Crippen molar-refractivity contribution in [2.45, 2.75) is 36.2 Å². The fourth-order valence-corrected chi connectivity index (χ4v) is 3.98. The molecule has 1 saturated heterocycles. The number of carbonyl (C=O) groups excluding carboxylic acids is 1. The first-order chi connectivity index (χ1) is 10.3. The lowest BCUT2D eigenvalue weighted by molar-refractivity contribution is -0.143. The Labute approximate surface area is 135 Å². The molecule has 2 rings (SSSR count). The first kappa shape index (κ1) is 17.2. The number of hydrogen-bond acceptors (Lipinski definition) is 5. The van der Waals surface area contributed by atoms with Crippen molar-refractivity contribution in [1.82, 2.24) is 0 Å². The van der Waals surface area contributed by atoms with E-state index in [9.17, 15) is 13.2 Å². The Morgan fingerprint density at radius 2 is 2.23 bits per heavy atom. The van der Waals surface area contributed by atoms with Crippen molar-refractivity contribution in [3.05, 3.63) is 28.8 Å². The molecule has 1 aromatic rings. The van der Waals surface area contributed by atoms with E-state index in [0.717, 1.165) is 19.1 Å². The maximum Gasteiger partial charge on any atom is 0.313 e. The average Bonchev–Trinajstić information content (AvgIpc) is 2.95. The average molecular weight is 347 g/mol. The van der Waals surface area contributed by atoms with E-state index in [1.54, 1.807) is 6.07 Å². The molecule has 7 heteroatoms. The lowest BCUT2D eigenvalue weighted by Gasteiger charge is -2.19. The Morgan fingerprint density at radius 3 is 2.73 bits per heavy atom. The number of sulfone groups is 1. The fourth-order valence-electron chi connectivity index (χ4n) is 2.64. The molecule has 22 heavy (non-hydrogen) atoms. The van der Waals surface area contributed by atoms with Crippen LogP contribution in [0.5, 0.6) is 0 Å². The number of rotatable bonds is 5. The Kier molecular flexibility index (Phi) is 5.47. The van der Waals surface area contributed by atoms with Gasteiger partial charge in [0.05, 0.1) is 29.0 Å². The summed E-state index contributed by atoms with van der Waals surface area (Å²) in [6, 6.07) is 4.56. The molecule has 1 aliphatic rings. The largest absolute Gasteiger partial charge is 0.469 e. The van der Waals surface area contributed by atoms with Crippen LogP contribution in [0.2, 0.25) is 5.02 Å². The molecule has 0 spiro atoms. The first-order valence-electron chi connectivity index (χ1n) is 7.02. The van der Waals surface area contributed by atoms with Gasteiger partial charge in [0.15, 0.2) is 9.84 Å². The van der Waals surface area contributed by atoms with Gasteiger partial charge in [-0.1, -0.05) is 17.7 Å². The third-order valence-corrected chi connectivity index (χ3v) is 5.35. The third kappa shape index (κ3) is 4.00. The van der Waals surface area contributed by atoms with Crippen LogP contribution < -0.4 is 0 Å². The summed E-state index contributed by atoms with van der Waals surface area (Å²) in [5, 5.41) is 0.112. The summed E-state index contributed by atoms with van der Waals surface area (Å²) in [7, 11) is -2.07. The lowest BCUT2D eigenvalue weighted by Crippen LogP contribution is -2.20. The molecule has 5 nitrogen and oxygen atoms in total. The molecule has 2 atom stereocenters. The highest BCUT2D eigenvalue weighted by Crippen LogP contribution is 2.31. The second-order valence-electron chi connectivity index (χ2n) is 5.41. The van der Waals surface area contributed by atoms with Crippen LogP contribution in [0.3, 0.4) is 0 Å². The van der Waals surface area contributed by atoms with Crippen LogP contribution in [0.15, 0.2) is 23.1 Å². The molecular weight excluding hydrogens is 328 g/mol. The van der Waals surface area contributed by atoms with E-state index in [1.165, 1.54) is 19.2 Å². The lowest BCUT2D eigenvalue weighted by atomic mass is 9.92. The van der Waals surface area contributed by atoms with Gasteiger partial charge in [-0.3, -0.25) is 4.79 Å². The molecule has 0 N–H and O–H groups in total. The number of benzene rings is 1. The van der Waals surface area contributed by atoms with Crippen molar-refractivity contribution in [2.24, 2.45) is 0 Å². The van der Waals surface area contributed by atoms with Crippen LogP contribution in [-0.2, 0) is 24.1 Å². The van der Waals surface area contributed by atoms with Gasteiger partial charge < -0.3 is 9.47 Å². The second kappa shape index (κ2) is 6.98. The van der Waals surface area contributed by atoms with Crippen LogP contribution in [0.4, 0.5) is 0 Å². The maximum atomic E-state index is 12.1. The number of ether oxygens (including phenoxy) is 2. The van der Waals surface area contributed by atoms with Crippen molar-refractivity contribution in [3.8, 4) is 0 Å². The predicted molar refractivity (Wildman–Crippen MR) is 82.9 cm³/mol. The topological polar surface area (TPSA) is 69.7 Å². The van der Waals surface area contributed by atoms with Crippen LogP contribution in [0.1, 0.15) is 30.7 Å². The quantitative estimate of drug-likeness (QED) is 0.766. The number of methoxy groups -OCH3 is 1. The molecule has 1 aliphatic heterocycles. The molecule has 1 aromatic carbocycles. The van der Waals surface area contributed by atoms with Gasteiger partial charge in [-0.15, -0.1) is 0 Å². The summed E-state index contributed by atoms with van der Waals surface area (Å²) in [4.78, 5) is 12.1. The monoisotopic (exact) mass is 346 g/mol. The maximum absolute atomic E-state index is 12.1. The highest BCUT2D eigenvalue weighted by molar-refractivity contribution is 7.90. The zero-order valence-electron chi connectivity index (χ0n) is 12.5. The minimum atomic E-state index is -3.40. The van der Waals surface area contributed by atoms with E-state index in [4.69, 9.17) is 21.1 Å². The van der Waals surface area contributed by atoms with Gasteiger partial charge in [-0.2, -0.15) is 0 Å². The standard InChI is InChI=1S/C15H19ClO5S/c1-20-15(17)12(9-11-4-3-7-21-11)10-5-6-14(13(16)8-10)22(2,18)19/h5-6,8,11-12H,3-4,7,9H2,1-2H3/t11-,12?/m1/s1. The van der Waals surface area contributed by atoms with Crippen LogP contribution in [0, 0.1) is 0 Å². The highest BCUT2D eigenvalue weighted by Gasteiger charge is 2.28. The minimum Gasteiger partial charge on any atom is -0.469 e. The fraction of sp³-hybridized carbons (Fsp3) is 0.533. The normalized spacial score (nSPS) is 19.9. The van der Waals surface area contributed by atoms with E-state index in [2.05, 4.69) is 0 Å². The van der Waals surface area contributed by atoms with Crippen LogP contribution in [-0.4, -0.2) is 40.5 Å². The van der Waals surface area contributed by atoms with E-state index >= 15 is 0 Å². The van der Waals surface area contributed by atoms with E-state index in [0.29, 0.717) is 18.6 Å². The molecule has 1 heterocycles. The smallest absolute Gasteiger partial charge is 0.313 e. The molecule has 0 bridgehead atoms. The van der Waals surface area contributed by atoms with Crippen molar-refractivity contribution in [1.29, 1.82) is 0 Å². The number of hydrogen-bond donors (Lipinski definition) is 0. The SMILES string of the molecule is COC(=O)C(C[C@H]1CCCO1)c1ccc(S(C)(=O)=O)c(Cl)c1. The van der Waals surface area contributed by atoms with Gasteiger partial charge in [0.1, 0.15) is 0 Å². The Balaban J connectivity index is 2.31. The van der Waals surface area contributed by atoms with Crippen LogP contribution in [0.25, 0.3) is 0 Å². The summed E-state index contributed by atoms with van der Waals surface area (Å²) < 4.78 is 33.6. The van der Waals surface area contributed by atoms with Crippen LogP contribution >= 0.6 is 11.6 Å². The van der Waals surface area contributed by atoms with E-state index in [-0.39, 0.29) is 22.0 Å². The summed E-state index contributed by atoms with van der Waals surface area (Å²) >= 11 is 6.06. The van der Waals surface area contributed by atoms with Gasteiger partial charge in [0.2, 0.25) is 0 Å². The van der Waals surface area contributed by atoms with Crippen molar-refractivity contribution < 1.29 is 22.7 Å². The second-order valence-corrected chi connectivity index (χ2v) is 7.80. The molecule has 0 aromatic heterocycles. The van der Waals surface area contributed by atoms with Gasteiger partial charge in [-0.05, 0) is 37.0 Å². The Morgan fingerprint density at radius 1 is 1.50 bits per heavy atom. The van der Waals surface area contributed by atoms with Crippen molar-refractivity contribution >= 4 is 27.4 Å². The van der Waals surface area contributed by atoms with Gasteiger partial charge in [0.25, 0.3) is 0 Å². The molecule has 0 amide bonds. The van der Waals surface area contributed by atoms with Crippen molar-refractivity contribution in [3.63, 3.8) is 0 Å². The molecule has 0 aliphatic carbocycles. The van der Waals surface area contributed by atoms with Gasteiger partial charge in [0, 0.05) is 12.9 Å². The summed E-state index contributed by atoms with van der Waals surface area (Å²) in [5.74, 6) is -0.891. The molecular formula is C15H19ClO5S. The van der Waals surface area contributed by atoms with Crippen molar-refractivity contribution in [2.75, 3.05) is 20.0 Å². The third-order valence-electron chi connectivity index (χ3n) is 3.77. The van der Waals surface area contributed by atoms with E-state index < -0.39 is 15.8 Å². The molecule has 1 unspecified atom stereocenters. The molecule has 0 saturated carbocycles. The predicted octanol–water partition coefficient (Wildman–Crippen LogP) is 2.57. The van der Waals surface area contributed by atoms with E-state index in [1.807, 2.05) is 0 Å². The Bertz CT molecular complexity index is 650. The first-order valence-corrected chi connectivity index (χ1v) is 9.29. The zero-order valence-corrected chi connectivity index (χ0v) is 14.1. The molecule has 1 fully saturated rings. The number of halogens is 1. The molecule has 0 radical (unpaired) electrons. The summed E-state index contributed by atoms with van der Waals surface area (Å²) in [5.41, 5.74) is 0.639. The van der Waals surface area contributed by atoms with Gasteiger partial charge >= 0.3 is 5.97 Å². The minimum absolute atomic E-state index is 0.0115. The zero-order chi connectivity index (χ0) is 16.3. The molecule has 122 valence electrons. The summed E-state index contributed by atoms with van der Waals surface area (Å²) in [6.45, 7) is 0.701. The Hall–Kier alpha value is -1.11. The van der Waals surface area contributed by atoms with Gasteiger partial charge in [-0.25, -0.2) is 8.42 Å². The summed E-state index contributed by atoms with van der Waals surface area (Å²) in [6.07, 6.45) is 3.49. The number of esters is 1.